The monoisotopic (exact) mass is 354 g/mol. The summed E-state index contributed by atoms with van der Waals surface area (Å²) in [6.07, 6.45) is 2.55. The molecule has 2 aliphatic heterocycles. The van der Waals surface area contributed by atoms with Crippen molar-refractivity contribution < 1.29 is 28.2 Å². The van der Waals surface area contributed by atoms with E-state index in [9.17, 15) is 9.59 Å². The average Bonchev–Trinajstić information content (AvgIpc) is 3.30. The smallest absolute Gasteiger partial charge is 0.340 e. The van der Waals surface area contributed by atoms with Gasteiger partial charge in [0.15, 0.2) is 11.9 Å². The van der Waals surface area contributed by atoms with Gasteiger partial charge in [-0.3, -0.25) is 4.79 Å². The Morgan fingerprint density at radius 1 is 1.27 bits per heavy atom. The Kier molecular flexibility index (Phi) is 4.12. The summed E-state index contributed by atoms with van der Waals surface area (Å²) in [7, 11) is 0. The van der Waals surface area contributed by atoms with Crippen LogP contribution in [0.1, 0.15) is 40.3 Å². The molecular formula is C20H18O6. The van der Waals surface area contributed by atoms with Crippen LogP contribution in [-0.2, 0) is 9.53 Å². The third-order valence-corrected chi connectivity index (χ3v) is 4.39. The highest BCUT2D eigenvalue weighted by atomic mass is 16.6. The molecular weight excluding hydrogens is 336 g/mol. The van der Waals surface area contributed by atoms with Crippen molar-refractivity contribution in [1.82, 2.24) is 0 Å². The van der Waals surface area contributed by atoms with Gasteiger partial charge in [-0.25, -0.2) is 4.79 Å². The molecule has 2 aliphatic rings. The molecule has 0 spiro atoms. The Balaban J connectivity index is 1.58. The highest BCUT2D eigenvalue weighted by Crippen LogP contribution is 2.37. The van der Waals surface area contributed by atoms with Crippen LogP contribution in [0.4, 0.5) is 0 Å². The van der Waals surface area contributed by atoms with Crippen molar-refractivity contribution in [3.63, 3.8) is 0 Å². The first kappa shape index (κ1) is 16.6. The zero-order valence-electron chi connectivity index (χ0n) is 14.5. The molecule has 1 aromatic carbocycles. The minimum Gasteiger partial charge on any atom is -0.462 e. The molecule has 6 heteroatoms. The Bertz CT molecular complexity index is 914. The van der Waals surface area contributed by atoms with E-state index in [2.05, 4.69) is 0 Å². The van der Waals surface area contributed by atoms with Gasteiger partial charge in [0, 0.05) is 18.7 Å². The van der Waals surface area contributed by atoms with E-state index >= 15 is 0 Å². The molecule has 2 aromatic rings. The second-order valence-corrected chi connectivity index (χ2v) is 6.42. The molecule has 6 nitrogen and oxygen atoms in total. The van der Waals surface area contributed by atoms with E-state index in [0.29, 0.717) is 41.4 Å². The van der Waals surface area contributed by atoms with E-state index in [4.69, 9.17) is 18.6 Å². The van der Waals surface area contributed by atoms with Gasteiger partial charge in [-0.15, -0.1) is 0 Å². The topological polar surface area (TPSA) is 75.0 Å². The Morgan fingerprint density at radius 2 is 2.12 bits per heavy atom. The molecule has 0 radical (unpaired) electrons. The fourth-order valence-corrected chi connectivity index (χ4v) is 3.14. The Labute approximate surface area is 150 Å². The first-order valence-electron chi connectivity index (χ1n) is 8.50. The molecule has 0 bridgehead atoms. The fraction of sp³-hybridized carbons (Fsp3) is 0.300. The van der Waals surface area contributed by atoms with Crippen LogP contribution < -0.4 is 9.47 Å². The number of benzene rings is 1. The van der Waals surface area contributed by atoms with Gasteiger partial charge < -0.3 is 18.6 Å². The number of carbonyl (C=O) groups is 2. The molecule has 0 amide bonds. The number of carbonyl (C=O) groups excluding carboxylic acids is 2. The number of Topliss-reactive ketones (excluding diaryl/α,β-unsaturated/α-hetero) is 1. The third kappa shape index (κ3) is 3.04. The lowest BCUT2D eigenvalue weighted by Crippen LogP contribution is -2.24. The van der Waals surface area contributed by atoms with Gasteiger partial charge in [0.2, 0.25) is 5.78 Å². The van der Waals surface area contributed by atoms with Crippen LogP contribution in [0.2, 0.25) is 0 Å². The van der Waals surface area contributed by atoms with E-state index in [1.807, 2.05) is 13.0 Å². The van der Waals surface area contributed by atoms with Gasteiger partial charge >= 0.3 is 5.97 Å². The normalized spacial score (nSPS) is 20.3. The summed E-state index contributed by atoms with van der Waals surface area (Å²) in [6.45, 7) is 4.18. The number of furan rings is 1. The molecule has 3 heterocycles. The maximum Gasteiger partial charge on any atom is 0.340 e. The van der Waals surface area contributed by atoms with E-state index in [1.165, 1.54) is 0 Å². The summed E-state index contributed by atoms with van der Waals surface area (Å²) in [5, 5.41) is 0. The second-order valence-electron chi connectivity index (χ2n) is 6.42. The first-order valence-corrected chi connectivity index (χ1v) is 8.50. The number of hydrogen-bond donors (Lipinski definition) is 0. The number of allylic oxidation sites excluding steroid dienone is 1. The molecule has 1 unspecified atom stereocenters. The lowest BCUT2D eigenvalue weighted by atomic mass is 10.0. The highest BCUT2D eigenvalue weighted by molar-refractivity contribution is 6.15. The summed E-state index contributed by atoms with van der Waals surface area (Å²) < 4.78 is 21.9. The molecule has 0 saturated carbocycles. The highest BCUT2D eigenvalue weighted by Gasteiger charge is 2.31. The maximum absolute atomic E-state index is 12.6. The van der Waals surface area contributed by atoms with Gasteiger partial charge in [-0.1, -0.05) is 0 Å². The van der Waals surface area contributed by atoms with Crippen LogP contribution in [0.25, 0.3) is 6.08 Å². The van der Waals surface area contributed by atoms with Crippen molar-refractivity contribution in [2.75, 3.05) is 6.61 Å². The van der Waals surface area contributed by atoms with Crippen LogP contribution in [0.15, 0.2) is 34.4 Å². The number of ketones is 1. The number of aryl methyl sites for hydroxylation is 2. The molecule has 134 valence electrons. The Morgan fingerprint density at radius 3 is 2.81 bits per heavy atom. The lowest BCUT2D eigenvalue weighted by molar-refractivity contribution is -0.144. The van der Waals surface area contributed by atoms with E-state index < -0.39 is 12.1 Å². The zero-order chi connectivity index (χ0) is 18.3. The van der Waals surface area contributed by atoms with Gasteiger partial charge in [0.1, 0.15) is 23.0 Å². The van der Waals surface area contributed by atoms with E-state index in [-0.39, 0.29) is 11.5 Å². The standard InChI is InChI=1S/C20H18O6/c1-11-8-14(25-20(22)15-4-3-7-23-15)10-16-18(11)19(21)17(26-16)9-13-6-5-12(2)24-13/h5-6,8-10,15H,3-4,7H2,1-2H3/b17-9-. The van der Waals surface area contributed by atoms with Gasteiger partial charge in [0.25, 0.3) is 0 Å². The molecule has 26 heavy (non-hydrogen) atoms. The van der Waals surface area contributed by atoms with Crippen molar-refractivity contribution in [2.45, 2.75) is 32.8 Å². The zero-order valence-corrected chi connectivity index (χ0v) is 14.5. The van der Waals surface area contributed by atoms with Crippen LogP contribution in [-0.4, -0.2) is 24.5 Å². The van der Waals surface area contributed by atoms with E-state index in [1.54, 1.807) is 31.2 Å². The minimum absolute atomic E-state index is 0.181. The molecule has 0 aliphatic carbocycles. The summed E-state index contributed by atoms with van der Waals surface area (Å²) >= 11 is 0. The molecule has 4 rings (SSSR count). The van der Waals surface area contributed by atoms with Crippen molar-refractivity contribution in [3.8, 4) is 11.5 Å². The van der Waals surface area contributed by atoms with Crippen molar-refractivity contribution in [2.24, 2.45) is 0 Å². The molecule has 1 saturated heterocycles. The quantitative estimate of drug-likeness (QED) is 0.476. The number of fused-ring (bicyclic) bond motifs is 1. The number of ether oxygens (including phenoxy) is 3. The fourth-order valence-electron chi connectivity index (χ4n) is 3.14. The largest absolute Gasteiger partial charge is 0.462 e. The number of rotatable bonds is 3. The van der Waals surface area contributed by atoms with Gasteiger partial charge in [-0.05, 0) is 50.5 Å². The third-order valence-electron chi connectivity index (χ3n) is 4.39. The first-order chi connectivity index (χ1) is 12.5. The lowest BCUT2D eigenvalue weighted by Gasteiger charge is -2.11. The minimum atomic E-state index is -0.524. The van der Waals surface area contributed by atoms with Crippen LogP contribution in [0.3, 0.4) is 0 Å². The van der Waals surface area contributed by atoms with Gasteiger partial charge in [-0.2, -0.15) is 0 Å². The van der Waals surface area contributed by atoms with Crippen molar-refractivity contribution >= 4 is 17.8 Å². The summed E-state index contributed by atoms with van der Waals surface area (Å²) in [5.74, 6) is 1.54. The molecule has 0 N–H and O–H groups in total. The predicted molar refractivity (Wildman–Crippen MR) is 92.2 cm³/mol. The molecule has 1 atom stereocenters. The SMILES string of the molecule is Cc1ccc(/C=C2\Oc3cc(OC(=O)C4CCCO4)cc(C)c3C2=O)o1. The summed E-state index contributed by atoms with van der Waals surface area (Å²) in [6, 6.07) is 6.80. The Hall–Kier alpha value is -2.86. The van der Waals surface area contributed by atoms with Crippen LogP contribution in [0, 0.1) is 13.8 Å². The van der Waals surface area contributed by atoms with Crippen molar-refractivity contribution in [3.05, 3.63) is 52.7 Å². The second kappa shape index (κ2) is 6.46. The van der Waals surface area contributed by atoms with Crippen LogP contribution in [0.5, 0.6) is 11.5 Å². The maximum atomic E-state index is 12.6. The summed E-state index contributed by atoms with van der Waals surface area (Å²) in [5.41, 5.74) is 1.15. The predicted octanol–water partition coefficient (Wildman–Crippen LogP) is 3.60. The van der Waals surface area contributed by atoms with Crippen molar-refractivity contribution in [1.29, 1.82) is 0 Å². The number of hydrogen-bond acceptors (Lipinski definition) is 6. The molecule has 1 aromatic heterocycles. The van der Waals surface area contributed by atoms with Gasteiger partial charge in [0.05, 0.1) is 5.56 Å². The summed E-state index contributed by atoms with van der Waals surface area (Å²) in [4.78, 5) is 24.7. The number of esters is 1. The average molecular weight is 354 g/mol. The van der Waals surface area contributed by atoms with E-state index in [0.717, 1.165) is 12.2 Å². The van der Waals surface area contributed by atoms with Crippen LogP contribution >= 0.6 is 0 Å². The molecule has 1 fully saturated rings.